The van der Waals surface area contributed by atoms with Crippen molar-refractivity contribution in [3.8, 4) is 5.75 Å². The molecule has 1 atom stereocenters. The predicted octanol–water partition coefficient (Wildman–Crippen LogP) is 0.463. The first-order valence-electron chi connectivity index (χ1n) is 7.90. The number of likely N-dealkylation sites (tertiary alicyclic amines) is 1. The lowest BCUT2D eigenvalue weighted by molar-refractivity contribution is -0.149. The first-order chi connectivity index (χ1) is 11.5. The smallest absolute Gasteiger partial charge is 0.310 e. The lowest BCUT2D eigenvalue weighted by Gasteiger charge is -2.31. The molecule has 0 saturated carbocycles. The Bertz CT molecular complexity index is 617. The number of hydrogen-bond donors (Lipinski definition) is 2. The molecule has 0 radical (unpaired) electrons. The van der Waals surface area contributed by atoms with E-state index in [1.54, 1.807) is 23.1 Å². The molecule has 0 aliphatic carbocycles. The van der Waals surface area contributed by atoms with E-state index in [1.807, 2.05) is 0 Å². The van der Waals surface area contributed by atoms with Crippen LogP contribution in [0.25, 0.3) is 0 Å². The number of carbonyl (C=O) groups excluding carboxylic acids is 3. The molecule has 1 aliphatic rings. The second kappa shape index (κ2) is 8.33. The van der Waals surface area contributed by atoms with Gasteiger partial charge in [-0.25, -0.2) is 0 Å². The molecule has 0 spiro atoms. The number of hydrogen-bond acceptors (Lipinski definition) is 5. The zero-order valence-electron chi connectivity index (χ0n) is 13.7. The molecular weight excluding hydrogens is 312 g/mol. The maximum Gasteiger partial charge on any atom is 0.310 e. The number of piperidine rings is 1. The lowest BCUT2D eigenvalue weighted by atomic mass is 9.98. The lowest BCUT2D eigenvalue weighted by Crippen LogP contribution is -2.46. The van der Waals surface area contributed by atoms with Crippen LogP contribution < -0.4 is 5.32 Å². The minimum atomic E-state index is -0.341. The molecule has 2 rings (SSSR count). The van der Waals surface area contributed by atoms with E-state index in [1.165, 1.54) is 13.2 Å². The van der Waals surface area contributed by atoms with Gasteiger partial charge in [0, 0.05) is 18.7 Å². The van der Waals surface area contributed by atoms with Gasteiger partial charge in [0.05, 0.1) is 26.0 Å². The molecule has 7 heteroatoms. The second-order valence-corrected chi connectivity index (χ2v) is 5.78. The number of methoxy groups -OCH3 is 1. The highest BCUT2D eigenvalue weighted by molar-refractivity contribution is 5.86. The third kappa shape index (κ3) is 4.71. The van der Waals surface area contributed by atoms with Crippen LogP contribution in [0.5, 0.6) is 5.75 Å². The Labute approximate surface area is 140 Å². The van der Waals surface area contributed by atoms with E-state index < -0.39 is 0 Å². The Kier molecular flexibility index (Phi) is 6.17. The van der Waals surface area contributed by atoms with Gasteiger partial charge in [0.25, 0.3) is 0 Å². The number of para-hydroxylation sites is 1. The van der Waals surface area contributed by atoms with E-state index in [2.05, 4.69) is 5.32 Å². The summed E-state index contributed by atoms with van der Waals surface area (Å²) in [6, 6.07) is 6.57. The summed E-state index contributed by atoms with van der Waals surface area (Å²) in [5.41, 5.74) is 0.506. The van der Waals surface area contributed by atoms with Gasteiger partial charge in [0.15, 0.2) is 0 Å². The van der Waals surface area contributed by atoms with Crippen LogP contribution in [0.3, 0.4) is 0 Å². The number of phenolic OH excluding ortho intramolecular Hbond substituents is 1. The van der Waals surface area contributed by atoms with Gasteiger partial charge in [-0.15, -0.1) is 0 Å². The van der Waals surface area contributed by atoms with Crippen molar-refractivity contribution in [2.45, 2.75) is 19.3 Å². The minimum Gasteiger partial charge on any atom is -0.508 e. The van der Waals surface area contributed by atoms with Gasteiger partial charge in [-0.1, -0.05) is 18.2 Å². The van der Waals surface area contributed by atoms with Crippen molar-refractivity contribution in [1.82, 2.24) is 10.2 Å². The predicted molar refractivity (Wildman–Crippen MR) is 86.1 cm³/mol. The van der Waals surface area contributed by atoms with Crippen LogP contribution in [0, 0.1) is 5.92 Å². The maximum atomic E-state index is 12.2. The summed E-state index contributed by atoms with van der Waals surface area (Å²) >= 11 is 0. The van der Waals surface area contributed by atoms with Crippen LogP contribution in [-0.2, 0) is 25.5 Å². The van der Waals surface area contributed by atoms with Gasteiger partial charge in [-0.2, -0.15) is 0 Å². The van der Waals surface area contributed by atoms with Crippen LogP contribution in [-0.4, -0.2) is 54.5 Å². The highest BCUT2D eigenvalue weighted by Gasteiger charge is 2.28. The molecule has 1 heterocycles. The van der Waals surface area contributed by atoms with Crippen LogP contribution in [0.15, 0.2) is 24.3 Å². The van der Waals surface area contributed by atoms with E-state index in [0.29, 0.717) is 25.1 Å². The number of benzene rings is 1. The summed E-state index contributed by atoms with van der Waals surface area (Å²) in [5.74, 6) is -1.13. The topological polar surface area (TPSA) is 95.9 Å². The Morgan fingerprint density at radius 2 is 2.08 bits per heavy atom. The first kappa shape index (κ1) is 17.8. The van der Waals surface area contributed by atoms with E-state index in [4.69, 9.17) is 4.74 Å². The number of aromatic hydroxyl groups is 1. The van der Waals surface area contributed by atoms with Crippen molar-refractivity contribution in [1.29, 1.82) is 0 Å². The molecule has 7 nitrogen and oxygen atoms in total. The molecule has 1 fully saturated rings. The Morgan fingerprint density at radius 3 is 2.79 bits per heavy atom. The zero-order chi connectivity index (χ0) is 17.5. The third-order valence-electron chi connectivity index (χ3n) is 4.09. The Morgan fingerprint density at radius 1 is 1.33 bits per heavy atom. The van der Waals surface area contributed by atoms with Crippen molar-refractivity contribution in [2.75, 3.05) is 26.7 Å². The van der Waals surface area contributed by atoms with Crippen molar-refractivity contribution >= 4 is 17.8 Å². The maximum absolute atomic E-state index is 12.2. The number of phenols is 1. The van der Waals surface area contributed by atoms with Crippen molar-refractivity contribution < 1.29 is 24.2 Å². The molecular formula is C17H22N2O5. The first-order valence-corrected chi connectivity index (χ1v) is 7.90. The summed E-state index contributed by atoms with van der Waals surface area (Å²) in [7, 11) is 1.34. The minimum absolute atomic E-state index is 0.00470. The Hall–Kier alpha value is -2.57. The largest absolute Gasteiger partial charge is 0.508 e. The summed E-state index contributed by atoms with van der Waals surface area (Å²) < 4.78 is 4.72. The number of esters is 1. The molecule has 1 aliphatic heterocycles. The zero-order valence-corrected chi connectivity index (χ0v) is 13.7. The monoisotopic (exact) mass is 334 g/mol. The van der Waals surface area contributed by atoms with E-state index in [0.717, 1.165) is 6.42 Å². The van der Waals surface area contributed by atoms with Crippen LogP contribution >= 0.6 is 0 Å². The van der Waals surface area contributed by atoms with E-state index in [9.17, 15) is 19.5 Å². The number of carbonyl (C=O) groups is 3. The van der Waals surface area contributed by atoms with Gasteiger partial charge in [0.1, 0.15) is 5.75 Å². The van der Waals surface area contributed by atoms with Crippen molar-refractivity contribution in [3.63, 3.8) is 0 Å². The number of amides is 2. The quantitative estimate of drug-likeness (QED) is 0.763. The molecule has 1 aromatic carbocycles. The highest BCUT2D eigenvalue weighted by atomic mass is 16.5. The third-order valence-corrected chi connectivity index (χ3v) is 4.09. The van der Waals surface area contributed by atoms with Gasteiger partial charge >= 0.3 is 5.97 Å². The van der Waals surface area contributed by atoms with Crippen LogP contribution in [0.4, 0.5) is 0 Å². The number of nitrogens with zero attached hydrogens (tertiary/aromatic N) is 1. The number of ether oxygens (including phenoxy) is 1. The van der Waals surface area contributed by atoms with Crippen molar-refractivity contribution in [2.24, 2.45) is 5.92 Å². The van der Waals surface area contributed by atoms with Gasteiger partial charge in [-0.05, 0) is 18.9 Å². The van der Waals surface area contributed by atoms with Gasteiger partial charge < -0.3 is 20.1 Å². The summed E-state index contributed by atoms with van der Waals surface area (Å²) in [6.45, 7) is 0.767. The number of nitrogens with one attached hydrogen (secondary N) is 1. The Balaban J connectivity index is 1.81. The molecule has 1 unspecified atom stereocenters. The van der Waals surface area contributed by atoms with Gasteiger partial charge in [0.2, 0.25) is 11.8 Å². The SMILES string of the molecule is COC(=O)C1CCCN(C(=O)CNC(=O)Cc2ccccc2O)C1. The summed E-state index contributed by atoms with van der Waals surface area (Å²) in [5, 5.41) is 12.2. The molecule has 130 valence electrons. The average molecular weight is 334 g/mol. The molecule has 1 saturated heterocycles. The molecule has 0 bridgehead atoms. The average Bonchev–Trinajstić information content (AvgIpc) is 2.61. The molecule has 24 heavy (non-hydrogen) atoms. The normalized spacial score (nSPS) is 17.2. The summed E-state index contributed by atoms with van der Waals surface area (Å²) in [6.07, 6.45) is 1.44. The van der Waals surface area contributed by atoms with E-state index >= 15 is 0 Å². The fraction of sp³-hybridized carbons (Fsp3) is 0.471. The fourth-order valence-corrected chi connectivity index (χ4v) is 2.74. The molecule has 1 aromatic rings. The van der Waals surface area contributed by atoms with E-state index in [-0.39, 0.29) is 42.4 Å². The molecule has 0 aromatic heterocycles. The molecule has 2 N–H and O–H groups in total. The van der Waals surface area contributed by atoms with Crippen LogP contribution in [0.1, 0.15) is 18.4 Å². The van der Waals surface area contributed by atoms with Crippen LogP contribution in [0.2, 0.25) is 0 Å². The highest BCUT2D eigenvalue weighted by Crippen LogP contribution is 2.18. The van der Waals surface area contributed by atoms with Gasteiger partial charge in [-0.3, -0.25) is 14.4 Å². The molecule has 2 amide bonds. The second-order valence-electron chi connectivity index (χ2n) is 5.78. The standard InChI is InChI=1S/C17H22N2O5/c1-24-17(23)13-6-4-8-19(11-13)16(22)10-18-15(21)9-12-5-2-3-7-14(12)20/h2-3,5,7,13,20H,4,6,8-11H2,1H3,(H,18,21). The summed E-state index contributed by atoms with van der Waals surface area (Å²) in [4.78, 5) is 37.2. The van der Waals surface area contributed by atoms with Crippen molar-refractivity contribution in [3.05, 3.63) is 29.8 Å². The number of rotatable bonds is 5. The fourth-order valence-electron chi connectivity index (χ4n) is 2.74.